The Morgan fingerprint density at radius 3 is 2.65 bits per heavy atom. The van der Waals surface area contributed by atoms with E-state index in [4.69, 9.17) is 0 Å². The maximum Gasteiger partial charge on any atom is 0.244 e. The minimum absolute atomic E-state index is 0.174. The Morgan fingerprint density at radius 1 is 1.41 bits per heavy atom. The average Bonchev–Trinajstić information content (AvgIpc) is 2.56. The van der Waals surface area contributed by atoms with Crippen LogP contribution in [0.5, 0.6) is 0 Å². The van der Waals surface area contributed by atoms with Gasteiger partial charge in [-0.25, -0.2) is 0 Å². The van der Waals surface area contributed by atoms with Gasteiger partial charge >= 0.3 is 0 Å². The quantitative estimate of drug-likeness (QED) is 0.490. The zero-order valence-electron chi connectivity index (χ0n) is 11.0. The van der Waals surface area contributed by atoms with Crippen molar-refractivity contribution in [3.8, 4) is 0 Å². The summed E-state index contributed by atoms with van der Waals surface area (Å²) in [7, 11) is 2.11. The van der Waals surface area contributed by atoms with Crippen LogP contribution in [0.1, 0.15) is 33.1 Å². The smallest absolute Gasteiger partial charge is 0.244 e. The molecule has 0 bridgehead atoms. The molecule has 1 aliphatic heterocycles. The minimum Gasteiger partial charge on any atom is -0.305 e. The Labute approximate surface area is 103 Å². The van der Waals surface area contributed by atoms with Gasteiger partial charge in [-0.3, -0.25) is 14.9 Å². The second kappa shape index (κ2) is 6.71. The topological polar surface area (TPSA) is 61.4 Å². The molecule has 98 valence electrons. The molecule has 0 aliphatic carbocycles. The number of carbonyl (C=O) groups excluding carboxylic acids is 2. The van der Waals surface area contributed by atoms with Crippen LogP contribution in [0.2, 0.25) is 0 Å². The van der Waals surface area contributed by atoms with Crippen molar-refractivity contribution in [2.75, 3.05) is 20.1 Å². The molecule has 5 heteroatoms. The van der Waals surface area contributed by atoms with Crippen LogP contribution in [-0.4, -0.2) is 48.9 Å². The lowest BCUT2D eigenvalue weighted by Crippen LogP contribution is -2.37. The van der Waals surface area contributed by atoms with Gasteiger partial charge in [0.1, 0.15) is 0 Å². The van der Waals surface area contributed by atoms with Gasteiger partial charge in [-0.15, -0.1) is 0 Å². The van der Waals surface area contributed by atoms with Crippen molar-refractivity contribution in [2.24, 2.45) is 0 Å². The van der Waals surface area contributed by atoms with Crippen molar-refractivity contribution < 1.29 is 9.59 Å². The van der Waals surface area contributed by atoms with Crippen LogP contribution in [0.3, 0.4) is 0 Å². The largest absolute Gasteiger partial charge is 0.305 e. The molecule has 1 aliphatic rings. The number of amides is 2. The molecule has 1 fully saturated rings. The molecular formula is C12H23N3O2. The summed E-state index contributed by atoms with van der Waals surface area (Å²) in [5.74, 6) is -0.360. The third-order valence-electron chi connectivity index (χ3n) is 3.18. The highest BCUT2D eigenvalue weighted by Crippen LogP contribution is 2.02. The van der Waals surface area contributed by atoms with Crippen LogP contribution in [0.25, 0.3) is 0 Å². The first-order valence-electron chi connectivity index (χ1n) is 6.28. The van der Waals surface area contributed by atoms with E-state index in [1.54, 1.807) is 0 Å². The number of nitrogens with zero attached hydrogens (tertiary/aromatic N) is 1. The highest BCUT2D eigenvalue weighted by molar-refractivity contribution is 6.05. The summed E-state index contributed by atoms with van der Waals surface area (Å²) in [5.41, 5.74) is 0. The SMILES string of the molecule is CC(C)N(C)CCCCNC1CC(=O)NC1=O. The molecular weight excluding hydrogens is 218 g/mol. The monoisotopic (exact) mass is 241 g/mol. The fourth-order valence-corrected chi connectivity index (χ4v) is 1.74. The van der Waals surface area contributed by atoms with Crippen molar-refractivity contribution in [3.63, 3.8) is 0 Å². The molecule has 0 aromatic heterocycles. The van der Waals surface area contributed by atoms with Gasteiger partial charge in [0.15, 0.2) is 0 Å². The van der Waals surface area contributed by atoms with E-state index in [0.29, 0.717) is 6.04 Å². The third kappa shape index (κ3) is 4.83. The van der Waals surface area contributed by atoms with E-state index in [9.17, 15) is 9.59 Å². The van der Waals surface area contributed by atoms with E-state index in [-0.39, 0.29) is 24.3 Å². The van der Waals surface area contributed by atoms with E-state index in [0.717, 1.165) is 25.9 Å². The van der Waals surface area contributed by atoms with Gasteiger partial charge in [0.2, 0.25) is 11.8 Å². The molecule has 5 nitrogen and oxygen atoms in total. The average molecular weight is 241 g/mol. The number of hydrogen-bond donors (Lipinski definition) is 2. The highest BCUT2D eigenvalue weighted by Gasteiger charge is 2.29. The fourth-order valence-electron chi connectivity index (χ4n) is 1.74. The van der Waals surface area contributed by atoms with Gasteiger partial charge in [0.25, 0.3) is 0 Å². The Balaban J connectivity index is 2.05. The summed E-state index contributed by atoms with van der Waals surface area (Å²) in [6.07, 6.45) is 2.41. The molecule has 0 aromatic rings. The van der Waals surface area contributed by atoms with Gasteiger partial charge in [-0.2, -0.15) is 0 Å². The maximum absolute atomic E-state index is 11.2. The molecule has 2 N–H and O–H groups in total. The first kappa shape index (κ1) is 14.1. The molecule has 1 rings (SSSR count). The van der Waals surface area contributed by atoms with Gasteiger partial charge < -0.3 is 10.2 Å². The molecule has 0 aromatic carbocycles. The first-order chi connectivity index (χ1) is 8.00. The summed E-state index contributed by atoms with van der Waals surface area (Å²) in [5, 5.41) is 5.41. The predicted molar refractivity (Wildman–Crippen MR) is 66.6 cm³/mol. The molecule has 0 saturated carbocycles. The molecule has 1 unspecified atom stereocenters. The lowest BCUT2D eigenvalue weighted by molar-refractivity contribution is -0.125. The van der Waals surface area contributed by atoms with Crippen LogP contribution in [-0.2, 0) is 9.59 Å². The Morgan fingerprint density at radius 2 is 2.12 bits per heavy atom. The van der Waals surface area contributed by atoms with Crippen LogP contribution in [0, 0.1) is 0 Å². The minimum atomic E-state index is -0.315. The number of hydrogen-bond acceptors (Lipinski definition) is 4. The van der Waals surface area contributed by atoms with Crippen molar-refractivity contribution >= 4 is 11.8 Å². The third-order valence-corrected chi connectivity index (χ3v) is 3.18. The molecule has 0 spiro atoms. The highest BCUT2D eigenvalue weighted by atomic mass is 16.2. The summed E-state index contributed by atoms with van der Waals surface area (Å²) in [4.78, 5) is 24.5. The molecule has 0 radical (unpaired) electrons. The van der Waals surface area contributed by atoms with Gasteiger partial charge in [-0.05, 0) is 46.8 Å². The van der Waals surface area contributed by atoms with Crippen molar-refractivity contribution in [1.82, 2.24) is 15.5 Å². The van der Waals surface area contributed by atoms with Crippen LogP contribution in [0.4, 0.5) is 0 Å². The van der Waals surface area contributed by atoms with Crippen molar-refractivity contribution in [1.29, 1.82) is 0 Å². The van der Waals surface area contributed by atoms with Gasteiger partial charge in [0, 0.05) is 6.04 Å². The fraction of sp³-hybridized carbons (Fsp3) is 0.833. The maximum atomic E-state index is 11.2. The van der Waals surface area contributed by atoms with E-state index in [1.165, 1.54) is 0 Å². The number of carbonyl (C=O) groups is 2. The number of nitrogens with one attached hydrogen (secondary N) is 2. The van der Waals surface area contributed by atoms with Gasteiger partial charge in [-0.1, -0.05) is 0 Å². The van der Waals surface area contributed by atoms with Crippen LogP contribution < -0.4 is 10.6 Å². The zero-order chi connectivity index (χ0) is 12.8. The summed E-state index contributed by atoms with van der Waals surface area (Å²) < 4.78 is 0. The van der Waals surface area contributed by atoms with Crippen molar-refractivity contribution in [3.05, 3.63) is 0 Å². The Kier molecular flexibility index (Phi) is 5.58. The standard InChI is InChI=1S/C12H23N3O2/c1-9(2)15(3)7-5-4-6-13-10-8-11(16)14-12(10)17/h9-10,13H,4-8H2,1-3H3,(H,14,16,17). The molecule has 2 amide bonds. The Hall–Kier alpha value is -0.940. The van der Waals surface area contributed by atoms with Crippen molar-refractivity contribution in [2.45, 2.75) is 45.2 Å². The second-order valence-electron chi connectivity index (χ2n) is 4.90. The van der Waals surface area contributed by atoms with Crippen LogP contribution >= 0.6 is 0 Å². The number of rotatable bonds is 7. The van der Waals surface area contributed by atoms with E-state index in [1.807, 2.05) is 0 Å². The molecule has 1 heterocycles. The number of unbranched alkanes of at least 4 members (excludes halogenated alkanes) is 1. The lowest BCUT2D eigenvalue weighted by Gasteiger charge is -2.20. The second-order valence-corrected chi connectivity index (χ2v) is 4.90. The lowest BCUT2D eigenvalue weighted by atomic mass is 10.2. The van der Waals surface area contributed by atoms with Crippen LogP contribution in [0.15, 0.2) is 0 Å². The summed E-state index contributed by atoms with van der Waals surface area (Å²) >= 11 is 0. The normalized spacial score (nSPS) is 20.4. The van der Waals surface area contributed by atoms with Gasteiger partial charge in [0.05, 0.1) is 12.5 Å². The summed E-state index contributed by atoms with van der Waals surface area (Å²) in [6, 6.07) is 0.256. The van der Waals surface area contributed by atoms with E-state index < -0.39 is 0 Å². The molecule has 1 atom stereocenters. The summed E-state index contributed by atoms with van der Waals surface area (Å²) in [6.45, 7) is 6.20. The Bertz CT molecular complexity index is 279. The predicted octanol–water partition coefficient (Wildman–Crippen LogP) is 0.112. The molecule has 17 heavy (non-hydrogen) atoms. The first-order valence-corrected chi connectivity index (χ1v) is 6.28. The molecule has 1 saturated heterocycles. The zero-order valence-corrected chi connectivity index (χ0v) is 11.0. The number of imide groups is 1. The van der Waals surface area contributed by atoms with E-state index in [2.05, 4.69) is 36.4 Å². The van der Waals surface area contributed by atoms with E-state index >= 15 is 0 Å².